The molecule has 0 bridgehead atoms. The minimum absolute atomic E-state index is 0.0764. The second-order valence-electron chi connectivity index (χ2n) is 4.15. The van der Waals surface area contributed by atoms with Crippen molar-refractivity contribution >= 4 is 18.0 Å². The fraction of sp³-hybridized carbons (Fsp3) is 0.357. The monoisotopic (exact) mass is 262 g/mol. The van der Waals surface area contributed by atoms with Crippen LogP contribution >= 0.6 is 0 Å². The van der Waals surface area contributed by atoms with Crippen LogP contribution in [0.3, 0.4) is 0 Å². The largest absolute Gasteiger partial charge is 0.325 e. The van der Waals surface area contributed by atoms with E-state index in [4.69, 9.17) is 10.7 Å². The van der Waals surface area contributed by atoms with E-state index in [1.165, 1.54) is 0 Å². The molecule has 0 saturated heterocycles. The summed E-state index contributed by atoms with van der Waals surface area (Å²) in [4.78, 5) is 26.3. The van der Waals surface area contributed by atoms with Gasteiger partial charge in [-0.1, -0.05) is 30.7 Å². The lowest BCUT2D eigenvalue weighted by molar-refractivity contribution is -0.158. The van der Waals surface area contributed by atoms with Crippen molar-refractivity contribution in [3.63, 3.8) is 0 Å². The molecule has 2 N–H and O–H groups in total. The van der Waals surface area contributed by atoms with Crippen LogP contribution in [0, 0.1) is 5.41 Å². The quantitative estimate of drug-likeness (QED) is 0.188. The zero-order valence-corrected chi connectivity index (χ0v) is 10.5. The molecule has 0 aliphatic carbocycles. The van der Waals surface area contributed by atoms with Gasteiger partial charge in [0.15, 0.2) is 5.78 Å². The molecule has 1 aromatic rings. The topological polar surface area (TPSA) is 87.5 Å². The molecule has 5 heteroatoms. The van der Waals surface area contributed by atoms with Gasteiger partial charge >= 0.3 is 0 Å². The van der Waals surface area contributed by atoms with Gasteiger partial charge in [-0.05, 0) is 12.8 Å². The lowest BCUT2D eigenvalue weighted by atomic mass is 10.00. The third-order valence-electron chi connectivity index (χ3n) is 2.76. The van der Waals surface area contributed by atoms with E-state index in [0.717, 1.165) is 6.42 Å². The molecule has 0 aliphatic heterocycles. The van der Waals surface area contributed by atoms with E-state index in [0.29, 0.717) is 36.8 Å². The van der Waals surface area contributed by atoms with E-state index >= 15 is 0 Å². The normalized spacial score (nSPS) is 9.95. The summed E-state index contributed by atoms with van der Waals surface area (Å²) in [5.74, 6) is -0.250. The van der Waals surface area contributed by atoms with Crippen molar-refractivity contribution in [2.24, 2.45) is 0 Å². The number of hydrogen-bond acceptors (Lipinski definition) is 5. The molecular formula is C14H16NO4. The molecule has 0 spiro atoms. The molecular weight excluding hydrogens is 246 g/mol. The molecule has 0 amide bonds. The van der Waals surface area contributed by atoms with Crippen LogP contribution < -0.4 is 0 Å². The van der Waals surface area contributed by atoms with Crippen LogP contribution in [0.4, 0.5) is 0 Å². The first-order valence-corrected chi connectivity index (χ1v) is 6.08. The Labute approximate surface area is 111 Å². The van der Waals surface area contributed by atoms with Crippen LogP contribution in [0.1, 0.15) is 48.0 Å². The number of hydrogen-bond donors (Lipinski definition) is 2. The van der Waals surface area contributed by atoms with Crippen LogP contribution in [0.15, 0.2) is 24.3 Å². The van der Waals surface area contributed by atoms with Crippen molar-refractivity contribution in [3.8, 4) is 0 Å². The maximum atomic E-state index is 11.9. The lowest BCUT2D eigenvalue weighted by Crippen LogP contribution is -2.03. The van der Waals surface area contributed by atoms with Gasteiger partial charge < -0.3 is 4.89 Å². The molecule has 0 fully saturated rings. The fourth-order valence-corrected chi connectivity index (χ4v) is 1.74. The standard InChI is InChI=1S/C14H16NO4/c15-14(19-18)9-3-1-2-8-13(17)12-7-5-4-6-11(12)10-16/h4-7,15,18H,1-3,8-9H2. The minimum atomic E-state index is -0.174. The molecule has 0 atom stereocenters. The van der Waals surface area contributed by atoms with E-state index in [1.54, 1.807) is 30.6 Å². The number of carbonyl (C=O) groups is 1. The lowest BCUT2D eigenvalue weighted by Gasteiger charge is -2.03. The number of unbranched alkanes of at least 4 members (excludes halogenated alkanes) is 2. The highest BCUT2D eigenvalue weighted by atomic mass is 17.1. The molecule has 19 heavy (non-hydrogen) atoms. The Balaban J connectivity index is 2.35. The summed E-state index contributed by atoms with van der Waals surface area (Å²) in [5, 5.41) is 15.2. The van der Waals surface area contributed by atoms with Gasteiger partial charge in [-0.3, -0.25) is 15.0 Å². The van der Waals surface area contributed by atoms with Crippen LogP contribution in [0.2, 0.25) is 0 Å². The first-order chi connectivity index (χ1) is 9.19. The van der Waals surface area contributed by atoms with Crippen molar-refractivity contribution in [1.29, 1.82) is 5.41 Å². The van der Waals surface area contributed by atoms with Gasteiger partial charge in [0.25, 0.3) is 0 Å². The van der Waals surface area contributed by atoms with Crippen molar-refractivity contribution in [2.75, 3.05) is 0 Å². The van der Waals surface area contributed by atoms with Crippen LogP contribution in [-0.2, 0) is 9.68 Å². The molecule has 1 rings (SSSR count). The summed E-state index contributed by atoms with van der Waals surface area (Å²) < 4.78 is 0. The number of benzene rings is 1. The SMILES string of the molecule is N=C(CCCCCC(=O)c1ccccc1[C]=O)OO. The Hall–Kier alpha value is -2.01. The van der Waals surface area contributed by atoms with Crippen LogP contribution in [-0.4, -0.2) is 23.2 Å². The average Bonchev–Trinajstić information content (AvgIpc) is 2.46. The number of ketones is 1. The summed E-state index contributed by atoms with van der Waals surface area (Å²) in [5.41, 5.74) is 0.701. The first-order valence-electron chi connectivity index (χ1n) is 6.08. The second kappa shape index (κ2) is 8.16. The molecule has 0 aromatic heterocycles. The maximum absolute atomic E-state index is 11.9. The van der Waals surface area contributed by atoms with Gasteiger partial charge in [0, 0.05) is 24.0 Å². The number of Topliss-reactive ketones (excluding diaryl/α,β-unsaturated/α-hetero) is 1. The number of rotatable bonds is 8. The third-order valence-corrected chi connectivity index (χ3v) is 2.76. The molecule has 101 valence electrons. The van der Waals surface area contributed by atoms with Gasteiger partial charge in [-0.15, -0.1) is 0 Å². The van der Waals surface area contributed by atoms with Crippen LogP contribution in [0.25, 0.3) is 0 Å². The molecule has 0 heterocycles. The summed E-state index contributed by atoms with van der Waals surface area (Å²) in [6.45, 7) is 0. The Morgan fingerprint density at radius 1 is 1.21 bits per heavy atom. The summed E-state index contributed by atoms with van der Waals surface area (Å²) >= 11 is 0. The highest BCUT2D eigenvalue weighted by Gasteiger charge is 2.10. The van der Waals surface area contributed by atoms with Gasteiger partial charge in [-0.25, -0.2) is 5.26 Å². The molecule has 1 aromatic carbocycles. The summed E-state index contributed by atoms with van der Waals surface area (Å²) in [7, 11) is 0. The Kier molecular flexibility index (Phi) is 6.46. The van der Waals surface area contributed by atoms with Crippen molar-refractivity contribution in [1.82, 2.24) is 0 Å². The number of carbonyl (C=O) groups excluding carboxylic acids is 2. The Morgan fingerprint density at radius 2 is 1.89 bits per heavy atom. The van der Waals surface area contributed by atoms with Crippen LogP contribution in [0.5, 0.6) is 0 Å². The smallest absolute Gasteiger partial charge is 0.234 e. The highest BCUT2D eigenvalue weighted by Crippen LogP contribution is 2.12. The van der Waals surface area contributed by atoms with Gasteiger partial charge in [0.1, 0.15) is 0 Å². The second-order valence-corrected chi connectivity index (χ2v) is 4.15. The van der Waals surface area contributed by atoms with Gasteiger partial charge in [0.2, 0.25) is 12.2 Å². The van der Waals surface area contributed by atoms with Crippen molar-refractivity contribution in [3.05, 3.63) is 35.4 Å². The summed E-state index contributed by atoms with van der Waals surface area (Å²) in [6, 6.07) is 6.60. The van der Waals surface area contributed by atoms with Crippen molar-refractivity contribution < 1.29 is 19.7 Å². The Morgan fingerprint density at radius 3 is 2.58 bits per heavy atom. The van der Waals surface area contributed by atoms with Gasteiger partial charge in [0.05, 0.1) is 0 Å². The van der Waals surface area contributed by atoms with E-state index in [1.807, 2.05) is 0 Å². The predicted molar refractivity (Wildman–Crippen MR) is 70.1 cm³/mol. The van der Waals surface area contributed by atoms with E-state index in [2.05, 4.69) is 4.89 Å². The minimum Gasteiger partial charge on any atom is -0.325 e. The molecule has 0 aliphatic rings. The van der Waals surface area contributed by atoms with E-state index < -0.39 is 0 Å². The van der Waals surface area contributed by atoms with E-state index in [9.17, 15) is 9.59 Å². The highest BCUT2D eigenvalue weighted by molar-refractivity contribution is 6.02. The summed E-state index contributed by atoms with van der Waals surface area (Å²) in [6.07, 6.45) is 4.56. The molecule has 0 saturated carbocycles. The maximum Gasteiger partial charge on any atom is 0.234 e. The fourth-order valence-electron chi connectivity index (χ4n) is 1.74. The third kappa shape index (κ3) is 5.01. The van der Waals surface area contributed by atoms with Crippen molar-refractivity contribution in [2.45, 2.75) is 32.1 Å². The van der Waals surface area contributed by atoms with Gasteiger partial charge in [-0.2, -0.15) is 0 Å². The predicted octanol–water partition coefficient (Wildman–Crippen LogP) is 2.74. The molecule has 0 unspecified atom stereocenters. The zero-order chi connectivity index (χ0) is 14.1. The number of nitrogens with one attached hydrogen (secondary N) is 1. The first kappa shape index (κ1) is 15.0. The average molecular weight is 262 g/mol. The molecule has 1 radical (unpaired) electrons. The Bertz CT molecular complexity index is 457. The molecule has 5 nitrogen and oxygen atoms in total. The van der Waals surface area contributed by atoms with E-state index in [-0.39, 0.29) is 11.7 Å². The zero-order valence-electron chi connectivity index (χ0n) is 10.5.